The van der Waals surface area contributed by atoms with Gasteiger partial charge >= 0.3 is 0 Å². The maximum absolute atomic E-state index is 13.1. The van der Waals surface area contributed by atoms with Gasteiger partial charge in [0.1, 0.15) is 11.6 Å². The fraction of sp³-hybridized carbons (Fsp3) is 0.545. The number of rotatable bonds is 4. The lowest BCUT2D eigenvalue weighted by Crippen LogP contribution is -2.41. The zero-order valence-corrected chi connectivity index (χ0v) is 17.1. The molecule has 0 N–H and O–H groups in total. The summed E-state index contributed by atoms with van der Waals surface area (Å²) in [4.78, 5) is 29.2. The summed E-state index contributed by atoms with van der Waals surface area (Å²) >= 11 is 0. The predicted molar refractivity (Wildman–Crippen MR) is 110 cm³/mol. The summed E-state index contributed by atoms with van der Waals surface area (Å²) in [7, 11) is 0. The summed E-state index contributed by atoms with van der Waals surface area (Å²) in [5, 5.41) is 8.90. The largest absolute Gasteiger partial charge is 0.482 e. The second-order valence-electron chi connectivity index (χ2n) is 8.23. The van der Waals surface area contributed by atoms with Crippen LogP contribution < -0.4 is 9.64 Å². The molecule has 0 aliphatic carbocycles. The molecular weight excluding hydrogens is 382 g/mol. The van der Waals surface area contributed by atoms with E-state index in [1.54, 1.807) is 4.90 Å². The fourth-order valence-electron chi connectivity index (χ4n) is 4.84. The number of aryl methyl sites for hydroxylation is 1. The second kappa shape index (κ2) is 8.08. The van der Waals surface area contributed by atoms with Crippen molar-refractivity contribution in [1.29, 1.82) is 0 Å². The molecule has 8 nitrogen and oxygen atoms in total. The average Bonchev–Trinajstić information content (AvgIpc) is 3.33. The Labute approximate surface area is 175 Å². The molecule has 1 aromatic heterocycles. The van der Waals surface area contributed by atoms with Crippen LogP contribution in [-0.2, 0) is 22.6 Å². The van der Waals surface area contributed by atoms with Crippen LogP contribution in [0.2, 0.25) is 0 Å². The number of ether oxygens (including phenoxy) is 1. The molecule has 3 aliphatic heterocycles. The van der Waals surface area contributed by atoms with Crippen molar-refractivity contribution >= 4 is 17.5 Å². The van der Waals surface area contributed by atoms with E-state index in [1.807, 2.05) is 29.2 Å². The molecule has 0 radical (unpaired) electrons. The third-order valence-corrected chi connectivity index (χ3v) is 6.37. The molecule has 0 bridgehead atoms. The van der Waals surface area contributed by atoms with Crippen LogP contribution in [0.3, 0.4) is 0 Å². The molecule has 1 saturated heterocycles. The molecule has 1 aromatic carbocycles. The molecule has 1 unspecified atom stereocenters. The molecule has 158 valence electrons. The van der Waals surface area contributed by atoms with E-state index in [0.717, 1.165) is 62.5 Å². The Morgan fingerprint density at radius 3 is 2.93 bits per heavy atom. The number of hydrogen-bond donors (Lipinski definition) is 0. The SMILES string of the molecule is O=C1COc2ccccc2N1CCC(=O)N1CCCC1c1nnc2n1CCCCC2. The van der Waals surface area contributed by atoms with Gasteiger partial charge in [0.15, 0.2) is 12.4 Å². The number of likely N-dealkylation sites (tertiary alicyclic amines) is 1. The summed E-state index contributed by atoms with van der Waals surface area (Å²) in [5.74, 6) is 2.64. The number of nitrogens with zero attached hydrogens (tertiary/aromatic N) is 5. The van der Waals surface area contributed by atoms with E-state index in [0.29, 0.717) is 12.3 Å². The van der Waals surface area contributed by atoms with Crippen molar-refractivity contribution in [2.75, 3.05) is 24.6 Å². The lowest BCUT2D eigenvalue weighted by atomic mass is 10.2. The standard InChI is InChI=1S/C22H27N5O3/c28-20(11-14-26-16-7-3-4-9-18(16)30-15-21(26)29)25-13-6-8-17(25)22-24-23-19-10-2-1-5-12-27(19)22/h3-4,7,9,17H,1-2,5-6,8,10-15H2. The molecule has 3 aliphatic rings. The molecule has 1 fully saturated rings. The number of benzene rings is 1. The first-order valence-electron chi connectivity index (χ1n) is 11.0. The highest BCUT2D eigenvalue weighted by atomic mass is 16.5. The summed E-state index contributed by atoms with van der Waals surface area (Å²) < 4.78 is 7.74. The van der Waals surface area contributed by atoms with Gasteiger partial charge in [0.05, 0.1) is 11.7 Å². The van der Waals surface area contributed by atoms with Crippen LogP contribution in [0.15, 0.2) is 24.3 Å². The number of carbonyl (C=O) groups excluding carboxylic acids is 2. The fourth-order valence-corrected chi connectivity index (χ4v) is 4.84. The Bertz CT molecular complexity index is 956. The minimum absolute atomic E-state index is 0.00970. The Balaban J connectivity index is 1.30. The van der Waals surface area contributed by atoms with Crippen LogP contribution in [0.4, 0.5) is 5.69 Å². The van der Waals surface area contributed by atoms with Gasteiger partial charge in [-0.2, -0.15) is 0 Å². The third-order valence-electron chi connectivity index (χ3n) is 6.37. The van der Waals surface area contributed by atoms with E-state index in [-0.39, 0.29) is 30.9 Å². The number of aromatic nitrogens is 3. The minimum Gasteiger partial charge on any atom is -0.482 e. The van der Waals surface area contributed by atoms with E-state index in [1.165, 1.54) is 6.42 Å². The molecule has 2 aromatic rings. The topological polar surface area (TPSA) is 80.6 Å². The lowest BCUT2D eigenvalue weighted by molar-refractivity contribution is -0.132. The monoisotopic (exact) mass is 409 g/mol. The van der Waals surface area contributed by atoms with Gasteiger partial charge in [-0.3, -0.25) is 9.59 Å². The zero-order chi connectivity index (χ0) is 20.5. The molecule has 30 heavy (non-hydrogen) atoms. The van der Waals surface area contributed by atoms with Crippen molar-refractivity contribution in [3.05, 3.63) is 35.9 Å². The van der Waals surface area contributed by atoms with Crippen molar-refractivity contribution in [2.45, 2.75) is 57.5 Å². The van der Waals surface area contributed by atoms with Gasteiger partial charge in [-0.1, -0.05) is 18.6 Å². The van der Waals surface area contributed by atoms with Crippen LogP contribution >= 0.6 is 0 Å². The Morgan fingerprint density at radius 1 is 1.10 bits per heavy atom. The van der Waals surface area contributed by atoms with E-state index < -0.39 is 0 Å². The zero-order valence-electron chi connectivity index (χ0n) is 17.1. The Morgan fingerprint density at radius 2 is 2.00 bits per heavy atom. The highest BCUT2D eigenvalue weighted by Gasteiger charge is 2.35. The molecule has 1 atom stereocenters. The molecule has 2 amide bonds. The van der Waals surface area contributed by atoms with Crippen LogP contribution in [0.1, 0.15) is 56.2 Å². The maximum Gasteiger partial charge on any atom is 0.265 e. The summed E-state index contributed by atoms with van der Waals surface area (Å²) in [6.45, 7) is 2.05. The first-order valence-corrected chi connectivity index (χ1v) is 11.0. The van der Waals surface area contributed by atoms with Gasteiger partial charge in [0.25, 0.3) is 5.91 Å². The molecule has 4 heterocycles. The molecular formula is C22H27N5O3. The quantitative estimate of drug-likeness (QED) is 0.775. The average molecular weight is 409 g/mol. The summed E-state index contributed by atoms with van der Waals surface area (Å²) in [6.07, 6.45) is 6.65. The van der Waals surface area contributed by atoms with Gasteiger partial charge in [-0.25, -0.2) is 0 Å². The number of carbonyl (C=O) groups is 2. The summed E-state index contributed by atoms with van der Waals surface area (Å²) in [5.41, 5.74) is 0.738. The maximum atomic E-state index is 13.1. The van der Waals surface area contributed by atoms with Gasteiger partial charge in [-0.15, -0.1) is 10.2 Å². The van der Waals surface area contributed by atoms with E-state index in [9.17, 15) is 9.59 Å². The van der Waals surface area contributed by atoms with Crippen molar-refractivity contribution in [3.63, 3.8) is 0 Å². The van der Waals surface area contributed by atoms with Gasteiger partial charge < -0.3 is 19.1 Å². The first kappa shape index (κ1) is 19.1. The van der Waals surface area contributed by atoms with Crippen molar-refractivity contribution in [2.24, 2.45) is 0 Å². The molecule has 8 heteroatoms. The molecule has 0 saturated carbocycles. The summed E-state index contributed by atoms with van der Waals surface area (Å²) in [6, 6.07) is 7.47. The van der Waals surface area contributed by atoms with Crippen molar-refractivity contribution < 1.29 is 14.3 Å². The highest BCUT2D eigenvalue weighted by Crippen LogP contribution is 2.34. The highest BCUT2D eigenvalue weighted by molar-refractivity contribution is 5.98. The predicted octanol–water partition coefficient (Wildman–Crippen LogP) is 2.48. The van der Waals surface area contributed by atoms with Gasteiger partial charge in [0.2, 0.25) is 5.91 Å². The minimum atomic E-state index is -0.109. The Kier molecular flexibility index (Phi) is 5.14. The van der Waals surface area contributed by atoms with Crippen LogP contribution in [0.5, 0.6) is 5.75 Å². The third kappa shape index (κ3) is 3.44. The van der Waals surface area contributed by atoms with Crippen LogP contribution in [-0.4, -0.2) is 51.2 Å². The number of anilines is 1. The number of hydrogen-bond acceptors (Lipinski definition) is 5. The van der Waals surface area contributed by atoms with E-state index >= 15 is 0 Å². The number of para-hydroxylation sites is 2. The molecule has 0 spiro atoms. The van der Waals surface area contributed by atoms with Crippen molar-refractivity contribution in [3.8, 4) is 5.75 Å². The van der Waals surface area contributed by atoms with Gasteiger partial charge in [0, 0.05) is 32.5 Å². The number of amides is 2. The van der Waals surface area contributed by atoms with Crippen LogP contribution in [0, 0.1) is 0 Å². The van der Waals surface area contributed by atoms with E-state index in [2.05, 4.69) is 14.8 Å². The first-order chi connectivity index (χ1) is 14.7. The second-order valence-corrected chi connectivity index (χ2v) is 8.23. The lowest BCUT2D eigenvalue weighted by Gasteiger charge is -2.30. The van der Waals surface area contributed by atoms with Crippen molar-refractivity contribution in [1.82, 2.24) is 19.7 Å². The Hall–Kier alpha value is -2.90. The number of fused-ring (bicyclic) bond motifs is 2. The molecule has 5 rings (SSSR count). The smallest absolute Gasteiger partial charge is 0.265 e. The van der Waals surface area contributed by atoms with Gasteiger partial charge in [-0.05, 0) is 37.8 Å². The van der Waals surface area contributed by atoms with Crippen LogP contribution in [0.25, 0.3) is 0 Å². The normalized spacial score (nSPS) is 21.1. The van der Waals surface area contributed by atoms with E-state index in [4.69, 9.17) is 4.74 Å².